The zero-order chi connectivity index (χ0) is 11.9. The molecule has 2 rings (SSSR count). The van der Waals surface area contributed by atoms with Crippen molar-refractivity contribution in [1.82, 2.24) is 0 Å². The Morgan fingerprint density at radius 1 is 0.933 bits per heavy atom. The van der Waals surface area contributed by atoms with Crippen molar-refractivity contribution in [2.45, 2.75) is 59.8 Å². The molecule has 0 saturated heterocycles. The van der Waals surface area contributed by atoms with Crippen LogP contribution in [0.15, 0.2) is 24.3 Å². The van der Waals surface area contributed by atoms with Gasteiger partial charge in [-0.05, 0) is 36.3 Å². The van der Waals surface area contributed by atoms with E-state index in [9.17, 15) is 0 Å². The first kappa shape index (κ1) is 14.2. The molecule has 0 radical (unpaired) electrons. The lowest BCUT2D eigenvalue weighted by molar-refractivity contribution is 0.779. The van der Waals surface area contributed by atoms with Crippen molar-refractivity contribution in [3.8, 4) is 0 Å². The summed E-state index contributed by atoms with van der Waals surface area (Å²) in [5.41, 5.74) is 3.54. The van der Waals surface area contributed by atoms with Crippen LogP contribution in [0.1, 0.15) is 58.6 Å². The summed E-state index contributed by atoms with van der Waals surface area (Å²) < 4.78 is 0. The van der Waals surface area contributed by atoms with E-state index in [-0.39, 0.29) is 0 Å². The summed E-state index contributed by atoms with van der Waals surface area (Å²) in [6, 6.07) is 8.73. The van der Waals surface area contributed by atoms with Crippen molar-refractivity contribution in [1.29, 1.82) is 0 Å². The van der Waals surface area contributed by atoms with Crippen LogP contribution < -0.4 is 0 Å². The number of benzene rings is 1. The summed E-state index contributed by atoms with van der Waals surface area (Å²) in [7, 11) is 0. The van der Waals surface area contributed by atoms with E-state index in [0.29, 0.717) is 5.41 Å². The number of hydrogen-bond acceptors (Lipinski definition) is 0. The van der Waals surface area contributed by atoms with Crippen LogP contribution in [0.25, 0.3) is 0 Å². The smallest absolute Gasteiger partial charge is 0.00720 e. The summed E-state index contributed by atoms with van der Waals surface area (Å²) in [6.07, 6.45) is 2.75. The van der Waals surface area contributed by atoms with Gasteiger partial charge in [-0.2, -0.15) is 0 Å². The van der Waals surface area contributed by atoms with E-state index < -0.39 is 0 Å². The summed E-state index contributed by atoms with van der Waals surface area (Å²) in [5, 5.41) is 0. The Kier molecular flexibility index (Phi) is 6.31. The minimum absolute atomic E-state index is 0.533. The van der Waals surface area contributed by atoms with E-state index in [1.807, 2.05) is 27.7 Å². The molecule has 0 bridgehead atoms. The molecule has 1 aromatic rings. The van der Waals surface area contributed by atoms with Gasteiger partial charge in [0, 0.05) is 0 Å². The van der Waals surface area contributed by atoms with E-state index in [1.54, 1.807) is 5.56 Å². The quantitative estimate of drug-likeness (QED) is 0.599. The van der Waals surface area contributed by atoms with Gasteiger partial charge in [0.2, 0.25) is 0 Å². The predicted molar refractivity (Wildman–Crippen MR) is 70.5 cm³/mol. The number of hydrogen-bond donors (Lipinski definition) is 0. The fourth-order valence-corrected chi connectivity index (χ4v) is 1.71. The number of rotatable bonds is 1. The summed E-state index contributed by atoms with van der Waals surface area (Å²) >= 11 is 0. The molecule has 0 N–H and O–H groups in total. The Morgan fingerprint density at radius 3 is 1.80 bits per heavy atom. The van der Waals surface area contributed by atoms with E-state index >= 15 is 0 Å². The second-order valence-electron chi connectivity index (χ2n) is 3.88. The van der Waals surface area contributed by atoms with Crippen LogP contribution in [0.5, 0.6) is 0 Å². The van der Waals surface area contributed by atoms with Crippen molar-refractivity contribution in [3.63, 3.8) is 0 Å². The summed E-state index contributed by atoms with van der Waals surface area (Å²) in [5.74, 6) is 0. The molecule has 0 amide bonds. The fourth-order valence-electron chi connectivity index (χ4n) is 1.71. The van der Waals surface area contributed by atoms with E-state index in [2.05, 4.69) is 38.1 Å². The lowest BCUT2D eigenvalue weighted by atomic mass is 9.94. The molecule has 0 atom stereocenters. The second-order valence-corrected chi connectivity index (χ2v) is 3.88. The Balaban J connectivity index is 0.000000442. The average molecular weight is 206 g/mol. The minimum atomic E-state index is 0.533. The summed E-state index contributed by atoms with van der Waals surface area (Å²) in [4.78, 5) is 0. The van der Waals surface area contributed by atoms with Gasteiger partial charge < -0.3 is 0 Å². The SMILES string of the molecule is CC.CC.Cc1ccccc1C1(C)CC1. The maximum absolute atomic E-state index is 2.36. The Bertz CT molecular complexity index is 269. The average Bonchev–Trinajstić information content (AvgIpc) is 3.04. The maximum atomic E-state index is 2.36. The molecule has 15 heavy (non-hydrogen) atoms. The zero-order valence-electron chi connectivity index (χ0n) is 11.2. The highest BCUT2D eigenvalue weighted by molar-refractivity contribution is 5.36. The molecule has 1 fully saturated rings. The molecule has 86 valence electrons. The van der Waals surface area contributed by atoms with Gasteiger partial charge in [0.25, 0.3) is 0 Å². The molecule has 0 spiro atoms. The lowest BCUT2D eigenvalue weighted by Crippen LogP contribution is -2.01. The third-order valence-corrected chi connectivity index (χ3v) is 2.80. The van der Waals surface area contributed by atoms with Crippen molar-refractivity contribution in [3.05, 3.63) is 35.4 Å². The monoisotopic (exact) mass is 206 g/mol. The molecule has 0 heterocycles. The molecule has 0 aliphatic heterocycles. The van der Waals surface area contributed by atoms with E-state index in [1.165, 1.54) is 18.4 Å². The first-order valence-corrected chi connectivity index (χ1v) is 6.28. The van der Waals surface area contributed by atoms with Crippen molar-refractivity contribution in [2.75, 3.05) is 0 Å². The number of aryl methyl sites for hydroxylation is 1. The Morgan fingerprint density at radius 2 is 1.40 bits per heavy atom. The lowest BCUT2D eigenvalue weighted by Gasteiger charge is -2.11. The normalized spacial score (nSPS) is 15.3. The molecular weight excluding hydrogens is 180 g/mol. The topological polar surface area (TPSA) is 0 Å². The Hall–Kier alpha value is -0.780. The molecule has 1 saturated carbocycles. The Labute approximate surface area is 95.7 Å². The van der Waals surface area contributed by atoms with Gasteiger partial charge in [-0.25, -0.2) is 0 Å². The largest absolute Gasteiger partial charge is 0.0683 e. The second kappa shape index (κ2) is 6.66. The molecule has 0 nitrogen and oxygen atoms in total. The molecular formula is C15H26. The van der Waals surface area contributed by atoms with Gasteiger partial charge in [0.15, 0.2) is 0 Å². The van der Waals surface area contributed by atoms with Crippen molar-refractivity contribution >= 4 is 0 Å². The molecule has 0 unspecified atom stereocenters. The van der Waals surface area contributed by atoms with Gasteiger partial charge >= 0.3 is 0 Å². The first-order valence-electron chi connectivity index (χ1n) is 6.28. The molecule has 0 heteroatoms. The first-order chi connectivity index (χ1) is 7.22. The minimum Gasteiger partial charge on any atom is -0.0683 e. The van der Waals surface area contributed by atoms with Gasteiger partial charge in [-0.3, -0.25) is 0 Å². The zero-order valence-corrected chi connectivity index (χ0v) is 11.2. The van der Waals surface area contributed by atoms with Crippen LogP contribution >= 0.6 is 0 Å². The van der Waals surface area contributed by atoms with Crippen molar-refractivity contribution in [2.24, 2.45) is 0 Å². The highest BCUT2D eigenvalue weighted by Gasteiger charge is 2.39. The standard InChI is InChI=1S/C11H14.2C2H6/c1-9-5-3-4-6-10(9)11(2)7-8-11;2*1-2/h3-6H,7-8H2,1-2H3;2*1-2H3. The molecule has 1 aliphatic carbocycles. The van der Waals surface area contributed by atoms with Crippen LogP contribution in [0, 0.1) is 6.92 Å². The summed E-state index contributed by atoms with van der Waals surface area (Å²) in [6.45, 7) is 12.6. The van der Waals surface area contributed by atoms with E-state index in [4.69, 9.17) is 0 Å². The van der Waals surface area contributed by atoms with Gasteiger partial charge in [-0.15, -0.1) is 0 Å². The predicted octanol–water partition coefficient (Wildman–Crippen LogP) is 5.10. The fraction of sp³-hybridized carbons (Fsp3) is 0.600. The third-order valence-electron chi connectivity index (χ3n) is 2.80. The highest BCUT2D eigenvalue weighted by atomic mass is 14.4. The van der Waals surface area contributed by atoms with Gasteiger partial charge in [0.05, 0.1) is 0 Å². The van der Waals surface area contributed by atoms with Crippen LogP contribution in [0.4, 0.5) is 0 Å². The van der Waals surface area contributed by atoms with E-state index in [0.717, 1.165) is 0 Å². The van der Waals surface area contributed by atoms with Gasteiger partial charge in [0.1, 0.15) is 0 Å². The molecule has 1 aromatic carbocycles. The van der Waals surface area contributed by atoms with Crippen LogP contribution in [-0.4, -0.2) is 0 Å². The van der Waals surface area contributed by atoms with Crippen molar-refractivity contribution < 1.29 is 0 Å². The third kappa shape index (κ3) is 3.70. The molecule has 0 aromatic heterocycles. The van der Waals surface area contributed by atoms with Crippen LogP contribution in [0.3, 0.4) is 0 Å². The van der Waals surface area contributed by atoms with Gasteiger partial charge in [-0.1, -0.05) is 58.9 Å². The van der Waals surface area contributed by atoms with Crippen LogP contribution in [0.2, 0.25) is 0 Å². The highest BCUT2D eigenvalue weighted by Crippen LogP contribution is 2.48. The maximum Gasteiger partial charge on any atom is -0.00720 e. The van der Waals surface area contributed by atoms with Crippen LogP contribution in [-0.2, 0) is 5.41 Å². The molecule has 1 aliphatic rings.